The highest BCUT2D eigenvalue weighted by Crippen LogP contribution is 2.29. The summed E-state index contributed by atoms with van der Waals surface area (Å²) >= 11 is 0. The van der Waals surface area contributed by atoms with Crippen molar-refractivity contribution in [1.82, 2.24) is 58.1 Å². The molecule has 11 amide bonds. The molecule has 0 radical (unpaired) electrons. The van der Waals surface area contributed by atoms with Gasteiger partial charge in [0.2, 0.25) is 65.0 Å². The zero-order valence-corrected chi connectivity index (χ0v) is 51.4. The highest BCUT2D eigenvalue weighted by Gasteiger charge is 2.49. The average molecular weight is 1270 g/mol. The summed E-state index contributed by atoms with van der Waals surface area (Å²) < 4.78 is 0. The topological polar surface area (TPSA) is 527 Å². The Morgan fingerprint density at radius 3 is 1.80 bits per heavy atom. The van der Waals surface area contributed by atoms with Crippen molar-refractivity contribution in [3.63, 3.8) is 0 Å². The number of hydrogen-bond donors (Lipinski definition) is 17. The summed E-state index contributed by atoms with van der Waals surface area (Å²) in [5, 5.41) is 84.2. The second-order valence-corrected chi connectivity index (χ2v) is 23.5. The Morgan fingerprint density at radius 1 is 0.674 bits per heavy atom. The van der Waals surface area contributed by atoms with Crippen molar-refractivity contribution in [3.8, 4) is 0 Å². The van der Waals surface area contributed by atoms with Gasteiger partial charge in [0.25, 0.3) is 0 Å². The first kappa shape index (κ1) is 76.5. The molecular formula is C56H88N12O21. The van der Waals surface area contributed by atoms with Gasteiger partial charge in [0.05, 0.1) is 43.0 Å². The number of allylic oxidation sites excluding steroid dienone is 3. The van der Waals surface area contributed by atoms with Crippen molar-refractivity contribution >= 4 is 88.9 Å². The van der Waals surface area contributed by atoms with Crippen molar-refractivity contribution in [1.29, 1.82) is 0 Å². The largest absolute Gasteiger partial charge is 0.481 e. The molecule has 0 aromatic heterocycles. The molecular weight excluding hydrogens is 1180 g/mol. The Balaban J connectivity index is 3.00. The molecule has 2 heterocycles. The number of carboxylic acid groups (broad SMARTS) is 4. The maximum Gasteiger partial charge on any atom is 0.335 e. The molecule has 0 aromatic carbocycles. The number of amides is 11. The molecule has 89 heavy (non-hydrogen) atoms. The lowest BCUT2D eigenvalue weighted by molar-refractivity contribution is -0.153. The van der Waals surface area contributed by atoms with Gasteiger partial charge in [-0.15, -0.1) is 0 Å². The summed E-state index contributed by atoms with van der Waals surface area (Å²) in [6, 6.07) is -19.4. The summed E-state index contributed by atoms with van der Waals surface area (Å²) in [4.78, 5) is 205. The van der Waals surface area contributed by atoms with Gasteiger partial charge in [-0.05, 0) is 84.1 Å². The van der Waals surface area contributed by atoms with E-state index in [0.29, 0.717) is 12.3 Å². The number of aliphatic hydroxyl groups is 2. The van der Waals surface area contributed by atoms with Gasteiger partial charge in [-0.2, -0.15) is 0 Å². The van der Waals surface area contributed by atoms with Crippen LogP contribution in [0.15, 0.2) is 24.3 Å². The van der Waals surface area contributed by atoms with Crippen molar-refractivity contribution in [2.45, 2.75) is 186 Å². The van der Waals surface area contributed by atoms with E-state index in [9.17, 15) is 103 Å². The van der Waals surface area contributed by atoms with Crippen LogP contribution in [0.25, 0.3) is 0 Å². The second kappa shape index (κ2) is 35.4. The number of aliphatic hydroxyl groups excluding tert-OH is 1. The molecule has 0 aliphatic carbocycles. The standard InChI is InChI=1S/C56H88N12O21/c1-25(2)17-13-11-12-14-19-34(69)62-39(28(7)53(83)84)49(79)66-41-30(9)59-46(76)33-22-56(10,89)24-68(33)52(82)38(27(5)6)65-48(78)40(29(8)54(85)86)63-35(70)23-58-44(74)32(21-36(71)72)61-51(81)42(43(73)55(87)88)67-45(75)31(18-15-16-20-57)60-47(77)37(26(3)4)64-50(41)80/h11-12,14,19,25-33,37-43,73,89H,13,15-18,20-24,57H2,1-10H3,(H,58,74)(H,59,76)(H,60,77)(H,61,81)(H,62,69)(H,63,70)(H,64,80)(H,65,78)(H,66,79)(H,67,75)(H,71,72)(H,83,84)(H,85,86)(H,87,88)/b12-11-,19-14+/t28?,29?,30?,31-,32-,33-,37+,38-,39-,40+,41-,42-,43?,56?/m0/s1. The summed E-state index contributed by atoms with van der Waals surface area (Å²) in [5.41, 5.74) is 3.84. The molecule has 2 fully saturated rings. The van der Waals surface area contributed by atoms with Crippen LogP contribution in [0.3, 0.4) is 0 Å². The normalized spacial score (nSPS) is 26.6. The Hall–Kier alpha value is -8.59. The van der Waals surface area contributed by atoms with Crippen molar-refractivity contribution in [3.05, 3.63) is 24.3 Å². The number of rotatable bonds is 22. The van der Waals surface area contributed by atoms with Crippen LogP contribution >= 0.6 is 0 Å². The molecule has 14 atom stereocenters. The van der Waals surface area contributed by atoms with Crippen LogP contribution in [0.5, 0.6) is 0 Å². The van der Waals surface area contributed by atoms with Gasteiger partial charge >= 0.3 is 23.9 Å². The molecule has 498 valence electrons. The maximum absolute atomic E-state index is 14.8. The van der Waals surface area contributed by atoms with Crippen LogP contribution in [0.1, 0.15) is 114 Å². The van der Waals surface area contributed by atoms with E-state index in [0.717, 1.165) is 31.2 Å². The van der Waals surface area contributed by atoms with Gasteiger partial charge in [0.15, 0.2) is 6.10 Å². The minimum absolute atomic E-state index is 0.0405. The van der Waals surface area contributed by atoms with Crippen LogP contribution < -0.4 is 58.9 Å². The Labute approximate surface area is 513 Å². The first-order chi connectivity index (χ1) is 41.3. The minimum atomic E-state index is -2.85. The number of fused-ring (bicyclic) bond motifs is 1. The average Bonchev–Trinajstić information content (AvgIpc) is 1.89. The summed E-state index contributed by atoms with van der Waals surface area (Å²) in [5.74, 6) is -26.2. The molecule has 5 unspecified atom stereocenters. The molecule has 18 N–H and O–H groups in total. The highest BCUT2D eigenvalue weighted by molar-refractivity contribution is 6.02. The predicted molar refractivity (Wildman–Crippen MR) is 311 cm³/mol. The lowest BCUT2D eigenvalue weighted by Gasteiger charge is -2.34. The number of hydrogen-bond acceptors (Lipinski definition) is 18. The summed E-state index contributed by atoms with van der Waals surface area (Å²) in [6.07, 6.45) is 2.43. The molecule has 2 saturated heterocycles. The number of nitrogens with two attached hydrogens (primary N) is 1. The molecule has 2 aliphatic rings. The number of nitrogens with zero attached hydrogens (tertiary/aromatic N) is 1. The monoisotopic (exact) mass is 1260 g/mol. The smallest absolute Gasteiger partial charge is 0.335 e. The SMILES string of the molecule is CC(C)CC/C=C\C=C\C(=O)N[C@H](C(=O)N[C@@H]1C(=O)N[C@H](C(C)C)C(=O)N[C@@H](CCCCN)C(=O)N[C@@H](C(O)C(=O)O)C(=O)N[C@@H](CC(=O)O)C(=O)NCC(=O)N[C@H](C(C)C(=O)O)C(=O)N[C@@H](C(C)C)C(=O)N2CC(C)(O)C[C@H]2C(=O)NC1C)C(C)C(=O)O. The lowest BCUT2D eigenvalue weighted by atomic mass is 9.97. The molecule has 2 aliphatic heterocycles. The van der Waals surface area contributed by atoms with Crippen molar-refractivity contribution in [2.75, 3.05) is 19.6 Å². The fourth-order valence-corrected chi connectivity index (χ4v) is 9.25. The molecule has 33 heteroatoms. The van der Waals surface area contributed by atoms with E-state index in [2.05, 4.69) is 37.2 Å². The Kier molecular flexibility index (Phi) is 30.4. The zero-order chi connectivity index (χ0) is 67.9. The zero-order valence-electron chi connectivity index (χ0n) is 51.4. The van der Waals surface area contributed by atoms with Crippen LogP contribution in [-0.4, -0.2) is 216 Å². The molecule has 0 spiro atoms. The van der Waals surface area contributed by atoms with Crippen LogP contribution in [0, 0.1) is 29.6 Å². The number of carbonyl (C=O) groups excluding carboxylic acids is 11. The van der Waals surface area contributed by atoms with Gasteiger partial charge < -0.3 is 94.4 Å². The fourth-order valence-electron chi connectivity index (χ4n) is 9.25. The van der Waals surface area contributed by atoms with E-state index >= 15 is 0 Å². The summed E-state index contributed by atoms with van der Waals surface area (Å²) in [6.45, 7) is 12.5. The van der Waals surface area contributed by atoms with Gasteiger partial charge in [-0.1, -0.05) is 59.8 Å². The van der Waals surface area contributed by atoms with Gasteiger partial charge in [-0.25, -0.2) is 4.79 Å². The van der Waals surface area contributed by atoms with Crippen LogP contribution in [0.2, 0.25) is 0 Å². The predicted octanol–water partition coefficient (Wildman–Crippen LogP) is -4.80. The van der Waals surface area contributed by atoms with Gasteiger partial charge in [-0.3, -0.25) is 67.1 Å². The van der Waals surface area contributed by atoms with Crippen molar-refractivity contribution < 1.29 is 103 Å². The van der Waals surface area contributed by atoms with E-state index < -0.39 is 211 Å². The van der Waals surface area contributed by atoms with E-state index in [4.69, 9.17) is 5.73 Å². The van der Waals surface area contributed by atoms with Gasteiger partial charge in [0, 0.05) is 12.5 Å². The van der Waals surface area contributed by atoms with E-state index in [1.807, 2.05) is 29.8 Å². The molecule has 0 aromatic rings. The molecule has 0 bridgehead atoms. The number of unbranched alkanes of at least 4 members (excludes halogenated alkanes) is 1. The third-order valence-corrected chi connectivity index (χ3v) is 14.6. The van der Waals surface area contributed by atoms with Gasteiger partial charge in [0.1, 0.15) is 54.4 Å². The Bertz CT molecular complexity index is 2680. The summed E-state index contributed by atoms with van der Waals surface area (Å²) in [7, 11) is 0. The highest BCUT2D eigenvalue weighted by atomic mass is 16.4. The third-order valence-electron chi connectivity index (χ3n) is 14.6. The van der Waals surface area contributed by atoms with Crippen LogP contribution in [0.4, 0.5) is 0 Å². The molecule has 33 nitrogen and oxygen atoms in total. The number of carboxylic acids is 4. The fraction of sp³-hybridized carbons (Fsp3) is 0.661. The van der Waals surface area contributed by atoms with Crippen molar-refractivity contribution in [2.24, 2.45) is 35.3 Å². The van der Waals surface area contributed by atoms with E-state index in [1.54, 1.807) is 12.2 Å². The van der Waals surface area contributed by atoms with Crippen LogP contribution in [-0.2, 0) is 71.9 Å². The minimum Gasteiger partial charge on any atom is -0.481 e. The first-order valence-corrected chi connectivity index (χ1v) is 29.0. The quantitative estimate of drug-likeness (QED) is 0.0275. The number of aliphatic carboxylic acids is 4. The Morgan fingerprint density at radius 2 is 1.25 bits per heavy atom. The lowest BCUT2D eigenvalue weighted by Crippen LogP contribution is -2.65. The molecule has 0 saturated carbocycles. The second-order valence-electron chi connectivity index (χ2n) is 23.5. The maximum atomic E-state index is 14.8. The van der Waals surface area contributed by atoms with E-state index in [1.165, 1.54) is 47.6 Å². The van der Waals surface area contributed by atoms with E-state index in [-0.39, 0.29) is 25.8 Å². The number of nitrogens with one attached hydrogen (secondary N) is 10. The third kappa shape index (κ3) is 24.1. The first-order valence-electron chi connectivity index (χ1n) is 29.0. The molecule has 2 rings (SSSR count). The number of carbonyl (C=O) groups is 15.